The highest BCUT2D eigenvalue weighted by molar-refractivity contribution is 6.30. The zero-order valence-electron chi connectivity index (χ0n) is 17.3. The number of fused-ring (bicyclic) bond motifs is 3. The van der Waals surface area contributed by atoms with Crippen molar-refractivity contribution in [3.63, 3.8) is 0 Å². The van der Waals surface area contributed by atoms with Crippen molar-refractivity contribution in [3.05, 3.63) is 51.5 Å². The predicted molar refractivity (Wildman–Crippen MR) is 119 cm³/mol. The molecule has 5 rings (SSSR count). The second-order valence-corrected chi connectivity index (χ2v) is 8.39. The van der Waals surface area contributed by atoms with Crippen LogP contribution in [0.2, 0.25) is 5.02 Å². The first kappa shape index (κ1) is 20.0. The average Bonchev–Trinajstić information content (AvgIpc) is 3.29. The minimum absolute atomic E-state index is 0.103. The molecule has 1 fully saturated rings. The van der Waals surface area contributed by atoms with Gasteiger partial charge in [0, 0.05) is 37.7 Å². The standard InChI is InChI=1S/C20H24ClN9O/c1-26-5-7-27(8-6-26)9-10-28-17-16(12-23-28)18-25-29(20(31)30(18)19(22)24-17)13-14-3-2-4-15(21)11-14/h2-4,11-12H,5-10,13H2,1H3,(H2,22,24). The lowest BCUT2D eigenvalue weighted by Crippen LogP contribution is -2.45. The number of likely N-dealkylation sites (N-methyl/N-ethyl adjacent to an activating group) is 1. The third-order valence-corrected chi connectivity index (χ3v) is 6.02. The van der Waals surface area contributed by atoms with Crippen molar-refractivity contribution < 1.29 is 0 Å². The van der Waals surface area contributed by atoms with Crippen LogP contribution in [-0.4, -0.2) is 78.5 Å². The van der Waals surface area contributed by atoms with Crippen LogP contribution in [0.25, 0.3) is 16.7 Å². The Bertz CT molecular complexity index is 1300. The fourth-order valence-corrected chi connectivity index (χ4v) is 4.20. The summed E-state index contributed by atoms with van der Waals surface area (Å²) in [6.45, 7) is 6.09. The number of aromatic nitrogens is 6. The van der Waals surface area contributed by atoms with Crippen molar-refractivity contribution in [3.8, 4) is 0 Å². The fraction of sp³-hybridized carbons (Fsp3) is 0.400. The van der Waals surface area contributed by atoms with Crippen molar-refractivity contribution in [1.29, 1.82) is 0 Å². The Labute approximate surface area is 183 Å². The molecule has 0 aliphatic carbocycles. The normalized spacial score (nSPS) is 15.9. The van der Waals surface area contributed by atoms with Gasteiger partial charge in [-0.25, -0.2) is 18.6 Å². The summed E-state index contributed by atoms with van der Waals surface area (Å²) in [5.41, 5.74) is 7.79. The summed E-state index contributed by atoms with van der Waals surface area (Å²) in [5, 5.41) is 10.3. The summed E-state index contributed by atoms with van der Waals surface area (Å²) in [6, 6.07) is 7.35. The molecule has 1 saturated heterocycles. The number of piperazine rings is 1. The van der Waals surface area contributed by atoms with Gasteiger partial charge in [-0.3, -0.25) is 4.90 Å². The van der Waals surface area contributed by atoms with E-state index in [-0.39, 0.29) is 11.6 Å². The number of nitrogens with two attached hydrogens (primary N) is 1. The Balaban J connectivity index is 1.46. The van der Waals surface area contributed by atoms with Crippen LogP contribution < -0.4 is 11.4 Å². The number of hydrogen-bond donors (Lipinski definition) is 1. The Morgan fingerprint density at radius 1 is 1.10 bits per heavy atom. The molecule has 31 heavy (non-hydrogen) atoms. The van der Waals surface area contributed by atoms with E-state index in [2.05, 4.69) is 32.0 Å². The van der Waals surface area contributed by atoms with Crippen LogP contribution in [0.3, 0.4) is 0 Å². The van der Waals surface area contributed by atoms with Gasteiger partial charge in [0.1, 0.15) is 0 Å². The summed E-state index contributed by atoms with van der Waals surface area (Å²) >= 11 is 6.07. The monoisotopic (exact) mass is 441 g/mol. The zero-order valence-corrected chi connectivity index (χ0v) is 18.0. The van der Waals surface area contributed by atoms with Crippen molar-refractivity contribution >= 4 is 34.2 Å². The van der Waals surface area contributed by atoms with Gasteiger partial charge >= 0.3 is 5.69 Å². The highest BCUT2D eigenvalue weighted by Gasteiger charge is 2.19. The number of nitrogen functional groups attached to an aromatic ring is 1. The fourth-order valence-electron chi connectivity index (χ4n) is 3.98. The van der Waals surface area contributed by atoms with E-state index in [1.807, 2.05) is 22.9 Å². The molecular formula is C20H24ClN9O. The Hall–Kier alpha value is -2.95. The average molecular weight is 442 g/mol. The van der Waals surface area contributed by atoms with E-state index in [9.17, 15) is 4.79 Å². The maximum Gasteiger partial charge on any atom is 0.353 e. The number of anilines is 1. The second kappa shape index (κ2) is 7.95. The molecule has 0 atom stereocenters. The van der Waals surface area contributed by atoms with Gasteiger partial charge in [-0.1, -0.05) is 23.7 Å². The largest absolute Gasteiger partial charge is 0.369 e. The smallest absolute Gasteiger partial charge is 0.353 e. The molecule has 4 aromatic rings. The van der Waals surface area contributed by atoms with Crippen molar-refractivity contribution in [2.45, 2.75) is 13.1 Å². The highest BCUT2D eigenvalue weighted by Crippen LogP contribution is 2.19. The van der Waals surface area contributed by atoms with Gasteiger partial charge in [0.05, 0.1) is 24.7 Å². The third-order valence-electron chi connectivity index (χ3n) is 5.79. The van der Waals surface area contributed by atoms with E-state index >= 15 is 0 Å². The molecule has 0 saturated carbocycles. The summed E-state index contributed by atoms with van der Waals surface area (Å²) < 4.78 is 4.55. The number of rotatable bonds is 5. The van der Waals surface area contributed by atoms with Crippen molar-refractivity contribution in [1.82, 2.24) is 38.7 Å². The molecule has 0 unspecified atom stereocenters. The van der Waals surface area contributed by atoms with Crippen molar-refractivity contribution in [2.24, 2.45) is 0 Å². The van der Waals surface area contributed by atoms with Gasteiger partial charge in [-0.15, -0.1) is 5.10 Å². The molecule has 162 valence electrons. The van der Waals surface area contributed by atoms with Gasteiger partial charge in [0.2, 0.25) is 5.95 Å². The van der Waals surface area contributed by atoms with E-state index < -0.39 is 0 Å². The van der Waals surface area contributed by atoms with Crippen LogP contribution in [0.5, 0.6) is 0 Å². The number of halogens is 1. The molecule has 10 nitrogen and oxygen atoms in total. The van der Waals surface area contributed by atoms with Gasteiger partial charge < -0.3 is 10.6 Å². The van der Waals surface area contributed by atoms with Crippen LogP contribution in [0, 0.1) is 0 Å². The lowest BCUT2D eigenvalue weighted by molar-refractivity contribution is 0.149. The first-order valence-electron chi connectivity index (χ1n) is 10.3. The molecule has 11 heteroatoms. The molecule has 2 N–H and O–H groups in total. The lowest BCUT2D eigenvalue weighted by Gasteiger charge is -2.32. The van der Waals surface area contributed by atoms with Crippen molar-refractivity contribution in [2.75, 3.05) is 45.5 Å². The molecule has 0 spiro atoms. The molecule has 3 aromatic heterocycles. The summed E-state index contributed by atoms with van der Waals surface area (Å²) in [7, 11) is 2.14. The first-order valence-corrected chi connectivity index (χ1v) is 10.6. The van der Waals surface area contributed by atoms with Gasteiger partial charge in [-0.2, -0.15) is 10.1 Å². The molecule has 1 aromatic carbocycles. The Morgan fingerprint density at radius 2 is 1.90 bits per heavy atom. The summed E-state index contributed by atoms with van der Waals surface area (Å²) in [4.78, 5) is 22.1. The van der Waals surface area contributed by atoms with Crippen LogP contribution in [-0.2, 0) is 13.1 Å². The summed E-state index contributed by atoms with van der Waals surface area (Å²) in [5.74, 6) is 0.103. The van der Waals surface area contributed by atoms with E-state index in [1.165, 1.54) is 9.08 Å². The minimum Gasteiger partial charge on any atom is -0.369 e. The van der Waals surface area contributed by atoms with E-state index in [1.54, 1.807) is 12.3 Å². The maximum atomic E-state index is 12.9. The summed E-state index contributed by atoms with van der Waals surface area (Å²) in [6.07, 6.45) is 1.71. The maximum absolute atomic E-state index is 12.9. The zero-order chi connectivity index (χ0) is 21.5. The van der Waals surface area contributed by atoms with Crippen LogP contribution in [0.15, 0.2) is 35.3 Å². The van der Waals surface area contributed by atoms with Crippen LogP contribution in [0.1, 0.15) is 5.56 Å². The molecule has 0 amide bonds. The first-order chi connectivity index (χ1) is 15.0. The number of nitrogens with zero attached hydrogens (tertiary/aromatic N) is 8. The van der Waals surface area contributed by atoms with Crippen LogP contribution in [0.4, 0.5) is 5.95 Å². The molecule has 1 aliphatic heterocycles. The van der Waals surface area contributed by atoms with Gasteiger partial charge in [-0.05, 0) is 24.7 Å². The highest BCUT2D eigenvalue weighted by atomic mass is 35.5. The van der Waals surface area contributed by atoms with Gasteiger partial charge in [0.25, 0.3) is 0 Å². The Kier molecular flexibility index (Phi) is 5.12. The molecule has 0 radical (unpaired) electrons. The molecule has 0 bridgehead atoms. The Morgan fingerprint density at radius 3 is 2.68 bits per heavy atom. The van der Waals surface area contributed by atoms with E-state index in [4.69, 9.17) is 17.3 Å². The quantitative estimate of drug-likeness (QED) is 0.488. The molecule has 4 heterocycles. The van der Waals surface area contributed by atoms with E-state index in [0.717, 1.165) is 38.3 Å². The second-order valence-electron chi connectivity index (χ2n) is 7.95. The topological polar surface area (TPSA) is 103 Å². The number of benzene rings is 1. The number of hydrogen-bond acceptors (Lipinski definition) is 7. The van der Waals surface area contributed by atoms with Gasteiger partial charge in [0.15, 0.2) is 11.3 Å². The van der Waals surface area contributed by atoms with E-state index in [0.29, 0.717) is 34.8 Å². The molecular weight excluding hydrogens is 418 g/mol. The predicted octanol–water partition coefficient (Wildman–Crippen LogP) is 0.772. The minimum atomic E-state index is -0.341. The third kappa shape index (κ3) is 3.78. The van der Waals surface area contributed by atoms with Crippen LogP contribution >= 0.6 is 11.6 Å². The lowest BCUT2D eigenvalue weighted by atomic mass is 10.2. The molecule has 1 aliphatic rings. The SMILES string of the molecule is CN1CCN(CCn2ncc3c2nc(N)n2c(=O)n(Cc4cccc(Cl)c4)nc32)CC1.